The van der Waals surface area contributed by atoms with Crippen LogP contribution in [0.5, 0.6) is 0 Å². The molecule has 0 spiro atoms. The summed E-state index contributed by atoms with van der Waals surface area (Å²) in [5.74, 6) is 0.262. The fraction of sp³-hybridized carbons (Fsp3) is 0.462. The van der Waals surface area contributed by atoms with Gasteiger partial charge in [-0.25, -0.2) is 0 Å². The first-order chi connectivity index (χ1) is 7.66. The molecule has 16 heavy (non-hydrogen) atoms. The molecule has 1 heterocycles. The molecule has 0 aromatic heterocycles. The van der Waals surface area contributed by atoms with Crippen LogP contribution in [-0.4, -0.2) is 32.0 Å². The highest BCUT2D eigenvalue weighted by Gasteiger charge is 2.16. The Morgan fingerprint density at radius 1 is 1.31 bits per heavy atom. The first kappa shape index (κ1) is 11.1. The number of aryl methyl sites for hydroxylation is 2. The van der Waals surface area contributed by atoms with Gasteiger partial charge in [0.1, 0.15) is 0 Å². The van der Waals surface area contributed by atoms with Gasteiger partial charge < -0.3 is 10.2 Å². The van der Waals surface area contributed by atoms with Crippen LogP contribution < -0.4 is 10.2 Å². The summed E-state index contributed by atoms with van der Waals surface area (Å²) < 4.78 is 0. The van der Waals surface area contributed by atoms with Gasteiger partial charge in [0, 0.05) is 18.8 Å². The second kappa shape index (κ2) is 4.66. The molecule has 1 fully saturated rings. The number of Topliss-reactive ketones (excluding diaryl/α,β-unsaturated/α-hetero) is 1. The van der Waals surface area contributed by atoms with Crippen LogP contribution >= 0.6 is 0 Å². The van der Waals surface area contributed by atoms with Crippen LogP contribution in [0, 0.1) is 13.8 Å². The molecule has 1 aliphatic heterocycles. The highest BCUT2D eigenvalue weighted by atomic mass is 16.1. The molecule has 0 amide bonds. The Morgan fingerprint density at radius 2 is 2.12 bits per heavy atom. The summed E-state index contributed by atoms with van der Waals surface area (Å²) in [6.07, 6.45) is 0. The summed E-state index contributed by atoms with van der Waals surface area (Å²) in [4.78, 5) is 13.7. The summed E-state index contributed by atoms with van der Waals surface area (Å²) in [5, 5.41) is 3.14. The molecule has 1 N–H and O–H groups in total. The van der Waals surface area contributed by atoms with Crippen molar-refractivity contribution in [1.82, 2.24) is 5.32 Å². The molecule has 0 unspecified atom stereocenters. The molecule has 1 aromatic carbocycles. The largest absolute Gasteiger partial charge is 0.363 e. The van der Waals surface area contributed by atoms with E-state index in [-0.39, 0.29) is 5.78 Å². The number of anilines is 1. The SMILES string of the molecule is Cc1ccc(N2CCNCC(=O)C2)c(C)c1. The molecular weight excluding hydrogens is 200 g/mol. The number of benzene rings is 1. The van der Waals surface area contributed by atoms with Gasteiger partial charge in [-0.1, -0.05) is 17.7 Å². The normalized spacial score (nSPS) is 17.4. The number of ketones is 1. The average molecular weight is 218 g/mol. The van der Waals surface area contributed by atoms with Crippen LogP contribution in [0.4, 0.5) is 5.69 Å². The monoisotopic (exact) mass is 218 g/mol. The van der Waals surface area contributed by atoms with Crippen molar-refractivity contribution >= 4 is 11.5 Å². The van der Waals surface area contributed by atoms with Gasteiger partial charge in [0.05, 0.1) is 13.1 Å². The molecule has 1 saturated heterocycles. The van der Waals surface area contributed by atoms with Crippen LogP contribution in [0.3, 0.4) is 0 Å². The number of nitrogens with zero attached hydrogens (tertiary/aromatic N) is 1. The van der Waals surface area contributed by atoms with Gasteiger partial charge in [-0.2, -0.15) is 0 Å². The van der Waals surface area contributed by atoms with Crippen LogP contribution in [0.25, 0.3) is 0 Å². The van der Waals surface area contributed by atoms with Crippen LogP contribution in [0.2, 0.25) is 0 Å². The molecule has 3 nitrogen and oxygen atoms in total. The lowest BCUT2D eigenvalue weighted by Gasteiger charge is -2.23. The smallest absolute Gasteiger partial charge is 0.165 e. The first-order valence-electron chi connectivity index (χ1n) is 5.71. The predicted molar refractivity (Wildman–Crippen MR) is 66.0 cm³/mol. The molecule has 0 bridgehead atoms. The second-order valence-electron chi connectivity index (χ2n) is 4.43. The van der Waals surface area contributed by atoms with E-state index >= 15 is 0 Å². The van der Waals surface area contributed by atoms with E-state index in [2.05, 4.69) is 42.3 Å². The van der Waals surface area contributed by atoms with E-state index in [0.717, 1.165) is 13.1 Å². The van der Waals surface area contributed by atoms with Gasteiger partial charge in [-0.05, 0) is 25.5 Å². The highest BCUT2D eigenvalue weighted by molar-refractivity contribution is 5.86. The van der Waals surface area contributed by atoms with Gasteiger partial charge in [-0.15, -0.1) is 0 Å². The minimum Gasteiger partial charge on any atom is -0.363 e. The maximum absolute atomic E-state index is 11.5. The molecule has 2 rings (SSSR count). The number of nitrogens with one attached hydrogen (secondary N) is 1. The number of hydrogen-bond acceptors (Lipinski definition) is 3. The van der Waals surface area contributed by atoms with Gasteiger partial charge >= 0.3 is 0 Å². The number of rotatable bonds is 1. The maximum atomic E-state index is 11.5. The van der Waals surface area contributed by atoms with Crippen molar-refractivity contribution in [2.75, 3.05) is 31.1 Å². The predicted octanol–water partition coefficient (Wildman–Crippen LogP) is 1.28. The fourth-order valence-corrected chi connectivity index (χ4v) is 2.16. The summed E-state index contributed by atoms with van der Waals surface area (Å²) in [6.45, 7) is 6.99. The lowest BCUT2D eigenvalue weighted by molar-refractivity contribution is -0.116. The molecule has 1 aliphatic rings. The molecule has 0 atom stereocenters. The summed E-state index contributed by atoms with van der Waals surface area (Å²) in [5.41, 5.74) is 3.69. The van der Waals surface area contributed by atoms with Gasteiger partial charge in [0.2, 0.25) is 0 Å². The summed E-state index contributed by atoms with van der Waals surface area (Å²) in [7, 11) is 0. The number of hydrogen-bond donors (Lipinski definition) is 1. The minimum absolute atomic E-state index is 0.262. The zero-order chi connectivity index (χ0) is 11.5. The van der Waals surface area contributed by atoms with E-state index in [1.807, 2.05) is 0 Å². The Balaban J connectivity index is 2.24. The van der Waals surface area contributed by atoms with Gasteiger partial charge in [0.15, 0.2) is 5.78 Å². The summed E-state index contributed by atoms with van der Waals surface area (Å²) >= 11 is 0. The third kappa shape index (κ3) is 2.42. The van der Waals surface area contributed by atoms with E-state index < -0.39 is 0 Å². The zero-order valence-corrected chi connectivity index (χ0v) is 9.92. The van der Waals surface area contributed by atoms with Crippen molar-refractivity contribution in [3.05, 3.63) is 29.3 Å². The minimum atomic E-state index is 0.262. The quantitative estimate of drug-likeness (QED) is 0.770. The highest BCUT2D eigenvalue weighted by Crippen LogP contribution is 2.21. The fourth-order valence-electron chi connectivity index (χ4n) is 2.16. The van der Waals surface area contributed by atoms with E-state index in [1.54, 1.807) is 0 Å². The lowest BCUT2D eigenvalue weighted by Crippen LogP contribution is -2.30. The van der Waals surface area contributed by atoms with Crippen LogP contribution in [0.1, 0.15) is 11.1 Å². The number of carbonyl (C=O) groups is 1. The standard InChI is InChI=1S/C13H18N2O/c1-10-3-4-13(11(2)7-10)15-6-5-14-8-12(16)9-15/h3-4,7,14H,5-6,8-9H2,1-2H3. The topological polar surface area (TPSA) is 32.3 Å². The van der Waals surface area contributed by atoms with Gasteiger partial charge in [-0.3, -0.25) is 4.79 Å². The van der Waals surface area contributed by atoms with Crippen LogP contribution in [-0.2, 0) is 4.79 Å². The van der Waals surface area contributed by atoms with E-state index in [4.69, 9.17) is 0 Å². The van der Waals surface area contributed by atoms with Crippen molar-refractivity contribution in [3.63, 3.8) is 0 Å². The molecule has 86 valence electrons. The average Bonchev–Trinajstić information content (AvgIpc) is 2.43. The molecular formula is C13H18N2O. The molecule has 1 aromatic rings. The summed E-state index contributed by atoms with van der Waals surface area (Å²) in [6, 6.07) is 6.38. The molecule has 0 radical (unpaired) electrons. The third-order valence-electron chi connectivity index (χ3n) is 2.94. The van der Waals surface area contributed by atoms with Crippen molar-refractivity contribution < 1.29 is 4.79 Å². The van der Waals surface area contributed by atoms with Crippen molar-refractivity contribution in [2.45, 2.75) is 13.8 Å². The Morgan fingerprint density at radius 3 is 2.88 bits per heavy atom. The first-order valence-corrected chi connectivity index (χ1v) is 5.71. The Kier molecular flexibility index (Phi) is 3.25. The Bertz CT molecular complexity index is 401. The van der Waals surface area contributed by atoms with Crippen LogP contribution in [0.15, 0.2) is 18.2 Å². The third-order valence-corrected chi connectivity index (χ3v) is 2.94. The Labute approximate surface area is 96.5 Å². The van der Waals surface area contributed by atoms with E-state index in [1.165, 1.54) is 16.8 Å². The zero-order valence-electron chi connectivity index (χ0n) is 9.92. The molecule has 0 aliphatic carbocycles. The number of carbonyl (C=O) groups excluding carboxylic acids is 1. The molecule has 3 heteroatoms. The second-order valence-corrected chi connectivity index (χ2v) is 4.43. The lowest BCUT2D eigenvalue weighted by atomic mass is 10.1. The van der Waals surface area contributed by atoms with Crippen molar-refractivity contribution in [2.24, 2.45) is 0 Å². The van der Waals surface area contributed by atoms with Crippen molar-refractivity contribution in [3.8, 4) is 0 Å². The maximum Gasteiger partial charge on any atom is 0.165 e. The van der Waals surface area contributed by atoms with Crippen molar-refractivity contribution in [1.29, 1.82) is 0 Å². The Hall–Kier alpha value is -1.35. The van der Waals surface area contributed by atoms with E-state index in [9.17, 15) is 4.79 Å². The van der Waals surface area contributed by atoms with E-state index in [0.29, 0.717) is 13.1 Å². The van der Waals surface area contributed by atoms with Gasteiger partial charge in [0.25, 0.3) is 0 Å². The molecule has 0 saturated carbocycles.